The first-order chi connectivity index (χ1) is 3.48. The molecule has 48 valence electrons. The second-order valence-corrected chi connectivity index (χ2v) is 1.98. The third-order valence-electron chi connectivity index (χ3n) is 0.270. The molecule has 2 N–H and O–H groups in total. The van der Waals surface area contributed by atoms with E-state index < -0.39 is 14.6 Å². The molecule has 0 rings (SSSR count). The first-order valence-corrected chi connectivity index (χ1v) is 2.68. The third-order valence-corrected chi connectivity index (χ3v) is 0.738. The lowest BCUT2D eigenvalue weighted by atomic mass is 12.9. The van der Waals surface area contributed by atoms with Gasteiger partial charge in [0.2, 0.25) is 5.28 Å². The van der Waals surface area contributed by atoms with Gasteiger partial charge in [-0.1, -0.05) is 0 Å². The molecule has 8 heavy (non-hydrogen) atoms. The van der Waals surface area contributed by atoms with E-state index in [0.29, 0.717) is 0 Å². The maximum Gasteiger partial charge on any atom is 0.546 e. The smallest absolute Gasteiger partial charge is 0.546 e. The van der Waals surface area contributed by atoms with Crippen LogP contribution in [0.5, 0.6) is 0 Å². The molecule has 0 heterocycles. The van der Waals surface area contributed by atoms with Crippen LogP contribution in [0, 0.1) is 5.21 Å². The van der Waals surface area contributed by atoms with Gasteiger partial charge in [-0.3, -0.25) is 0 Å². The maximum absolute atomic E-state index is 9.50. The van der Waals surface area contributed by atoms with Crippen LogP contribution >= 0.6 is 0 Å². The summed E-state index contributed by atoms with van der Waals surface area (Å²) in [5.74, 6) is 0. The van der Waals surface area contributed by atoms with E-state index in [1.807, 2.05) is 0 Å². The normalized spacial score (nSPS) is 13.9. The third kappa shape index (κ3) is 1.71. The summed E-state index contributed by atoms with van der Waals surface area (Å²) in [6.07, 6.45) is 0. The largest absolute Gasteiger partial charge is 0.579 e. The molecule has 0 unspecified atom stereocenters. The standard InChI is InChI=1S/H2N2O5S/c3-1-2(4)8(5,6)7/h3H,(H,5,6,7)/b2-1+. The van der Waals surface area contributed by atoms with Gasteiger partial charge in [0.15, 0.2) is 0 Å². The Morgan fingerprint density at radius 2 is 2.00 bits per heavy atom. The number of nitrogens with zero attached hydrogens (tertiary/aromatic N) is 2. The number of hydrogen-bond donors (Lipinski definition) is 2. The monoisotopic (exact) mass is 142 g/mol. The van der Waals surface area contributed by atoms with Crippen molar-refractivity contribution >= 4 is 10.3 Å². The predicted octanol–water partition coefficient (Wildman–Crippen LogP) is -0.859. The summed E-state index contributed by atoms with van der Waals surface area (Å²) >= 11 is 0. The van der Waals surface area contributed by atoms with E-state index in [4.69, 9.17) is 9.76 Å². The molecule has 0 aliphatic carbocycles. The van der Waals surface area contributed by atoms with Gasteiger partial charge < -0.3 is 10.4 Å². The summed E-state index contributed by atoms with van der Waals surface area (Å²) in [5.41, 5.74) is 0. The van der Waals surface area contributed by atoms with Crippen molar-refractivity contribution in [2.24, 2.45) is 5.28 Å². The molecule has 0 aromatic rings. The van der Waals surface area contributed by atoms with Crippen LogP contribution in [-0.4, -0.2) is 22.4 Å². The molecule has 0 aromatic heterocycles. The molecular formula is H2N2O5S. The van der Waals surface area contributed by atoms with Crippen LogP contribution < -0.4 is 0 Å². The minimum absolute atomic E-state index is 1.23. The second kappa shape index (κ2) is 1.92. The van der Waals surface area contributed by atoms with Gasteiger partial charge in [0.1, 0.15) is 0 Å². The average Bonchev–Trinajstić information content (AvgIpc) is 1.62. The van der Waals surface area contributed by atoms with Crippen LogP contribution in [-0.2, 0) is 10.3 Å². The lowest BCUT2D eigenvalue weighted by Crippen LogP contribution is -2.10. The molecular weight excluding hydrogens is 140 g/mol. The van der Waals surface area contributed by atoms with E-state index in [1.54, 1.807) is 5.28 Å². The maximum atomic E-state index is 9.50. The summed E-state index contributed by atoms with van der Waals surface area (Å²) in [6.45, 7) is 0. The van der Waals surface area contributed by atoms with Crippen molar-refractivity contribution in [3.05, 3.63) is 5.21 Å². The first-order valence-electron chi connectivity index (χ1n) is 1.28. The lowest BCUT2D eigenvalue weighted by Gasteiger charge is -1.86. The van der Waals surface area contributed by atoms with Gasteiger partial charge in [0.25, 0.3) is 0 Å². The summed E-state index contributed by atoms with van der Waals surface area (Å²) in [5, 5.41) is 18.5. The average molecular weight is 142 g/mol. The molecule has 0 radical (unpaired) electrons. The Labute approximate surface area is 44.3 Å². The van der Waals surface area contributed by atoms with Crippen LogP contribution in [0.3, 0.4) is 0 Å². The summed E-state index contributed by atoms with van der Waals surface area (Å²) < 4.78 is 25.3. The van der Waals surface area contributed by atoms with Crippen molar-refractivity contribution in [2.75, 3.05) is 0 Å². The van der Waals surface area contributed by atoms with Crippen molar-refractivity contribution in [1.29, 1.82) is 0 Å². The van der Waals surface area contributed by atoms with Crippen LogP contribution in [0.2, 0.25) is 0 Å². The lowest BCUT2D eigenvalue weighted by molar-refractivity contribution is -0.412. The van der Waals surface area contributed by atoms with Gasteiger partial charge in [0.05, 0.1) is 4.27 Å². The van der Waals surface area contributed by atoms with E-state index >= 15 is 0 Å². The van der Waals surface area contributed by atoms with Gasteiger partial charge in [-0.05, 0) is 0 Å². The van der Waals surface area contributed by atoms with Gasteiger partial charge in [-0.25, -0.2) is 4.55 Å². The molecule has 0 aliphatic rings. The Morgan fingerprint density at radius 3 is 2.00 bits per heavy atom. The molecule has 0 fully saturated rings. The van der Waals surface area contributed by atoms with E-state index in [-0.39, 0.29) is 0 Å². The van der Waals surface area contributed by atoms with E-state index in [0.717, 1.165) is 0 Å². The van der Waals surface area contributed by atoms with Crippen molar-refractivity contribution < 1.29 is 22.4 Å². The van der Waals surface area contributed by atoms with Crippen LogP contribution in [0.1, 0.15) is 0 Å². The molecule has 0 spiro atoms. The zero-order valence-corrected chi connectivity index (χ0v) is 4.24. The van der Waals surface area contributed by atoms with E-state index in [2.05, 4.69) is 0 Å². The molecule has 0 aromatic carbocycles. The van der Waals surface area contributed by atoms with Crippen LogP contribution in [0.4, 0.5) is 0 Å². The fraction of sp³-hybridized carbons (Fsp3) is 0. The summed E-state index contributed by atoms with van der Waals surface area (Å²) in [6, 6.07) is 0. The topological polar surface area (TPSA) is 113 Å². The predicted molar refractivity (Wildman–Crippen MR) is 19.4 cm³/mol. The zero-order chi connectivity index (χ0) is 6.78. The molecule has 0 saturated heterocycles. The second-order valence-electron chi connectivity index (χ2n) is 0.775. The quantitative estimate of drug-likeness (QED) is 0.214. The fourth-order valence-corrected chi connectivity index (χ4v) is 0.138. The molecule has 0 bridgehead atoms. The molecule has 7 nitrogen and oxygen atoms in total. The van der Waals surface area contributed by atoms with Crippen molar-refractivity contribution in [3.63, 3.8) is 0 Å². The van der Waals surface area contributed by atoms with Crippen LogP contribution in [0.25, 0.3) is 0 Å². The van der Waals surface area contributed by atoms with E-state index in [9.17, 15) is 13.6 Å². The van der Waals surface area contributed by atoms with E-state index in [1.165, 1.54) is 0 Å². The Balaban J connectivity index is 4.55. The molecule has 0 saturated carbocycles. The Hall–Kier alpha value is -0.890. The molecule has 0 amide bonds. The van der Waals surface area contributed by atoms with Crippen molar-refractivity contribution in [1.82, 2.24) is 0 Å². The molecule has 0 aliphatic heterocycles. The SMILES string of the molecule is O=S(=O)(O)/[N+]([O-])=N/O. The Morgan fingerprint density at radius 1 is 1.62 bits per heavy atom. The van der Waals surface area contributed by atoms with Gasteiger partial charge in [-0.15, -0.1) is 8.42 Å². The van der Waals surface area contributed by atoms with Gasteiger partial charge >= 0.3 is 10.3 Å². The Kier molecular flexibility index (Phi) is 1.71. The first kappa shape index (κ1) is 7.11. The highest BCUT2D eigenvalue weighted by molar-refractivity contribution is 7.79. The minimum Gasteiger partial charge on any atom is -0.579 e. The minimum atomic E-state index is -4.89. The van der Waals surface area contributed by atoms with Crippen molar-refractivity contribution in [3.8, 4) is 0 Å². The zero-order valence-electron chi connectivity index (χ0n) is 3.42. The number of hydrogen-bond acceptors (Lipinski definition) is 4. The number of rotatable bonds is 1. The van der Waals surface area contributed by atoms with Gasteiger partial charge in [0, 0.05) is 0 Å². The van der Waals surface area contributed by atoms with Crippen LogP contribution in [0.15, 0.2) is 5.28 Å². The summed E-state index contributed by atoms with van der Waals surface area (Å²) in [4.78, 5) is 0. The molecule has 8 heteroatoms. The molecule has 0 atom stereocenters. The Bertz CT molecular complexity index is 186. The highest BCUT2D eigenvalue weighted by Gasteiger charge is 2.15. The highest BCUT2D eigenvalue weighted by atomic mass is 32.2. The van der Waals surface area contributed by atoms with Gasteiger partial charge in [-0.2, -0.15) is 0 Å². The van der Waals surface area contributed by atoms with Crippen molar-refractivity contribution in [2.45, 2.75) is 0 Å². The summed E-state index contributed by atoms with van der Waals surface area (Å²) in [7, 11) is -4.89. The highest BCUT2D eigenvalue weighted by Crippen LogP contribution is 1.81. The fourth-order valence-electron chi connectivity index (χ4n) is 0.0461.